The Bertz CT molecular complexity index is 1080. The summed E-state index contributed by atoms with van der Waals surface area (Å²) in [5.41, 5.74) is 0.907. The summed E-state index contributed by atoms with van der Waals surface area (Å²) >= 11 is 0. The molecule has 2 aromatic carbocycles. The van der Waals surface area contributed by atoms with E-state index in [9.17, 15) is 24.1 Å². The van der Waals surface area contributed by atoms with Gasteiger partial charge in [-0.05, 0) is 23.8 Å². The van der Waals surface area contributed by atoms with Crippen molar-refractivity contribution in [3.63, 3.8) is 0 Å². The summed E-state index contributed by atoms with van der Waals surface area (Å²) in [6, 6.07) is 14.2. The number of nitro benzene ring substituents is 1. The SMILES string of the molecule is O=C(Cn1nc(-c2cccc([N+](=O)[O-])c2)ccc1=O)NCc1ccc(F)cc1. The standard InChI is InChI=1S/C19H15FN4O4/c20-15-6-4-13(5-7-15)11-21-18(25)12-23-19(26)9-8-17(22-23)14-2-1-3-16(10-14)24(27)28/h1-10H,11-12H2,(H,21,25). The number of carbonyl (C=O) groups is 1. The highest BCUT2D eigenvalue weighted by atomic mass is 19.1. The van der Waals surface area contributed by atoms with Gasteiger partial charge in [0.25, 0.3) is 11.2 Å². The van der Waals surface area contributed by atoms with E-state index in [1.165, 1.54) is 42.5 Å². The monoisotopic (exact) mass is 382 g/mol. The summed E-state index contributed by atoms with van der Waals surface area (Å²) in [6.45, 7) is -0.138. The number of non-ortho nitro benzene ring substituents is 1. The van der Waals surface area contributed by atoms with E-state index in [2.05, 4.69) is 10.4 Å². The molecule has 0 unspecified atom stereocenters. The van der Waals surface area contributed by atoms with E-state index in [0.717, 1.165) is 4.68 Å². The molecular weight excluding hydrogens is 367 g/mol. The number of nitrogens with one attached hydrogen (secondary N) is 1. The van der Waals surface area contributed by atoms with Gasteiger partial charge in [0.15, 0.2) is 0 Å². The third kappa shape index (κ3) is 4.64. The molecule has 1 amide bonds. The zero-order valence-corrected chi connectivity index (χ0v) is 14.5. The van der Waals surface area contributed by atoms with Crippen LogP contribution in [0.5, 0.6) is 0 Å². The number of rotatable bonds is 6. The quantitative estimate of drug-likeness (QED) is 0.520. The van der Waals surface area contributed by atoms with Gasteiger partial charge < -0.3 is 5.32 Å². The van der Waals surface area contributed by atoms with Gasteiger partial charge in [-0.15, -0.1) is 0 Å². The van der Waals surface area contributed by atoms with E-state index < -0.39 is 16.4 Å². The Morgan fingerprint density at radius 1 is 1.14 bits per heavy atom. The van der Waals surface area contributed by atoms with Gasteiger partial charge in [-0.1, -0.05) is 24.3 Å². The van der Waals surface area contributed by atoms with Crippen LogP contribution in [0.25, 0.3) is 11.3 Å². The molecule has 0 saturated carbocycles. The Kier molecular flexibility index (Phi) is 5.54. The van der Waals surface area contributed by atoms with E-state index in [4.69, 9.17) is 0 Å². The van der Waals surface area contributed by atoms with E-state index >= 15 is 0 Å². The smallest absolute Gasteiger partial charge is 0.270 e. The Morgan fingerprint density at radius 2 is 1.89 bits per heavy atom. The number of hydrogen-bond acceptors (Lipinski definition) is 5. The molecule has 0 radical (unpaired) electrons. The van der Waals surface area contributed by atoms with E-state index in [1.807, 2.05) is 0 Å². The third-order valence-corrected chi connectivity index (χ3v) is 3.92. The molecule has 142 valence electrons. The summed E-state index contributed by atoms with van der Waals surface area (Å²) in [5, 5.41) is 17.7. The fourth-order valence-electron chi connectivity index (χ4n) is 2.49. The van der Waals surface area contributed by atoms with Crippen LogP contribution in [0.15, 0.2) is 65.5 Å². The predicted molar refractivity (Wildman–Crippen MR) is 98.8 cm³/mol. The Balaban J connectivity index is 1.73. The summed E-state index contributed by atoms with van der Waals surface area (Å²) in [4.78, 5) is 34.5. The summed E-state index contributed by atoms with van der Waals surface area (Å²) in [5.74, 6) is -0.820. The molecule has 0 aliphatic carbocycles. The van der Waals surface area contributed by atoms with Crippen LogP contribution in [0.1, 0.15) is 5.56 Å². The highest BCUT2D eigenvalue weighted by molar-refractivity contribution is 5.75. The van der Waals surface area contributed by atoms with Crippen LogP contribution in [0, 0.1) is 15.9 Å². The maximum absolute atomic E-state index is 12.9. The molecule has 28 heavy (non-hydrogen) atoms. The molecule has 0 aliphatic heterocycles. The lowest BCUT2D eigenvalue weighted by Gasteiger charge is -2.08. The molecular formula is C19H15FN4O4. The van der Waals surface area contributed by atoms with Crippen LogP contribution in [0.3, 0.4) is 0 Å². The predicted octanol–water partition coefficient (Wildman–Crippen LogP) is 2.27. The molecule has 8 nitrogen and oxygen atoms in total. The topological polar surface area (TPSA) is 107 Å². The first-order valence-electron chi connectivity index (χ1n) is 8.26. The first-order valence-corrected chi connectivity index (χ1v) is 8.26. The number of halogens is 1. The number of benzene rings is 2. The Hall–Kier alpha value is -3.88. The zero-order valence-electron chi connectivity index (χ0n) is 14.5. The molecule has 1 N–H and O–H groups in total. The van der Waals surface area contributed by atoms with Gasteiger partial charge in [-0.2, -0.15) is 5.10 Å². The van der Waals surface area contributed by atoms with Crippen LogP contribution >= 0.6 is 0 Å². The summed E-state index contributed by atoms with van der Waals surface area (Å²) in [6.07, 6.45) is 0. The van der Waals surface area contributed by atoms with E-state index in [1.54, 1.807) is 18.2 Å². The second kappa shape index (κ2) is 8.21. The minimum Gasteiger partial charge on any atom is -0.350 e. The largest absolute Gasteiger partial charge is 0.350 e. The average Bonchev–Trinajstić information content (AvgIpc) is 2.69. The maximum atomic E-state index is 12.9. The van der Waals surface area contributed by atoms with Gasteiger partial charge >= 0.3 is 0 Å². The van der Waals surface area contributed by atoms with Crippen molar-refractivity contribution in [2.75, 3.05) is 0 Å². The molecule has 0 bridgehead atoms. The first-order chi connectivity index (χ1) is 13.4. The number of nitro groups is 1. The molecule has 0 fully saturated rings. The maximum Gasteiger partial charge on any atom is 0.270 e. The fourth-order valence-corrected chi connectivity index (χ4v) is 2.49. The number of aromatic nitrogens is 2. The third-order valence-electron chi connectivity index (χ3n) is 3.92. The van der Waals surface area contributed by atoms with Crippen LogP contribution in [0.4, 0.5) is 10.1 Å². The number of hydrogen-bond donors (Lipinski definition) is 1. The molecule has 0 saturated heterocycles. The average molecular weight is 382 g/mol. The second-order valence-corrected chi connectivity index (χ2v) is 5.93. The first kappa shape index (κ1) is 18.9. The van der Waals surface area contributed by atoms with Crippen molar-refractivity contribution in [3.05, 3.63) is 92.5 Å². The lowest BCUT2D eigenvalue weighted by atomic mass is 10.1. The number of carbonyl (C=O) groups excluding carboxylic acids is 1. The molecule has 0 aliphatic rings. The highest BCUT2D eigenvalue weighted by Gasteiger charge is 2.11. The Labute approximate surface area is 158 Å². The van der Waals surface area contributed by atoms with E-state index in [0.29, 0.717) is 16.8 Å². The van der Waals surface area contributed by atoms with Crippen molar-refractivity contribution in [1.29, 1.82) is 0 Å². The van der Waals surface area contributed by atoms with Gasteiger partial charge in [0.2, 0.25) is 5.91 Å². The van der Waals surface area contributed by atoms with Crippen LogP contribution < -0.4 is 10.9 Å². The van der Waals surface area contributed by atoms with Crippen LogP contribution in [0.2, 0.25) is 0 Å². The van der Waals surface area contributed by atoms with Gasteiger partial charge in [-0.3, -0.25) is 19.7 Å². The normalized spacial score (nSPS) is 10.5. The van der Waals surface area contributed by atoms with Crippen molar-refractivity contribution < 1.29 is 14.1 Å². The molecule has 1 aromatic heterocycles. The highest BCUT2D eigenvalue weighted by Crippen LogP contribution is 2.21. The zero-order chi connectivity index (χ0) is 20.1. The molecule has 1 heterocycles. The Morgan fingerprint density at radius 3 is 2.61 bits per heavy atom. The fraction of sp³-hybridized carbons (Fsp3) is 0.105. The molecule has 9 heteroatoms. The summed E-state index contributed by atoms with van der Waals surface area (Å²) in [7, 11) is 0. The van der Waals surface area contributed by atoms with Crippen molar-refractivity contribution in [1.82, 2.24) is 15.1 Å². The molecule has 0 spiro atoms. The van der Waals surface area contributed by atoms with Gasteiger partial charge in [0.05, 0.1) is 10.6 Å². The molecule has 3 rings (SSSR count). The van der Waals surface area contributed by atoms with Crippen molar-refractivity contribution in [2.45, 2.75) is 13.1 Å². The summed E-state index contributed by atoms with van der Waals surface area (Å²) < 4.78 is 13.9. The number of nitrogens with zero attached hydrogens (tertiary/aromatic N) is 3. The molecule has 0 atom stereocenters. The van der Waals surface area contributed by atoms with Crippen molar-refractivity contribution >= 4 is 11.6 Å². The lowest BCUT2D eigenvalue weighted by molar-refractivity contribution is -0.384. The lowest BCUT2D eigenvalue weighted by Crippen LogP contribution is -2.33. The van der Waals surface area contributed by atoms with Crippen LogP contribution in [-0.4, -0.2) is 20.6 Å². The van der Waals surface area contributed by atoms with Crippen molar-refractivity contribution in [3.8, 4) is 11.3 Å². The minimum absolute atomic E-state index is 0.103. The van der Waals surface area contributed by atoms with Crippen molar-refractivity contribution in [2.24, 2.45) is 0 Å². The minimum atomic E-state index is -0.525. The molecule has 3 aromatic rings. The van der Waals surface area contributed by atoms with E-state index in [-0.39, 0.29) is 24.6 Å². The van der Waals surface area contributed by atoms with Crippen LogP contribution in [-0.2, 0) is 17.9 Å². The van der Waals surface area contributed by atoms with Gasteiger partial charge in [-0.25, -0.2) is 9.07 Å². The number of amides is 1. The second-order valence-electron chi connectivity index (χ2n) is 5.93. The van der Waals surface area contributed by atoms with Gasteiger partial charge in [0, 0.05) is 30.3 Å². The van der Waals surface area contributed by atoms with Gasteiger partial charge in [0.1, 0.15) is 12.4 Å².